The van der Waals surface area contributed by atoms with Crippen molar-refractivity contribution in [3.63, 3.8) is 0 Å². The highest BCUT2D eigenvalue weighted by molar-refractivity contribution is 6.74. The van der Waals surface area contributed by atoms with E-state index < -0.39 is 8.32 Å². The lowest BCUT2D eigenvalue weighted by molar-refractivity contribution is -0.153. The summed E-state index contributed by atoms with van der Waals surface area (Å²) in [6, 6.07) is 0. The Morgan fingerprint density at radius 2 is 1.79 bits per heavy atom. The van der Waals surface area contributed by atoms with Gasteiger partial charge in [0.15, 0.2) is 8.32 Å². The van der Waals surface area contributed by atoms with Crippen LogP contribution in [0.3, 0.4) is 0 Å². The first-order chi connectivity index (χ1) is 8.69. The molecule has 2 unspecified atom stereocenters. The molecule has 0 spiro atoms. The zero-order valence-electron chi connectivity index (χ0n) is 13.4. The third kappa shape index (κ3) is 4.31. The molecule has 4 heteroatoms. The molecule has 0 aromatic heterocycles. The van der Waals surface area contributed by atoms with Crippen molar-refractivity contribution in [2.24, 2.45) is 5.92 Å². The summed E-state index contributed by atoms with van der Waals surface area (Å²) < 4.78 is 11.7. The highest BCUT2D eigenvalue weighted by Crippen LogP contribution is 2.40. The smallest absolute Gasteiger partial charge is 0.311 e. The fourth-order valence-corrected chi connectivity index (χ4v) is 3.70. The van der Waals surface area contributed by atoms with Crippen molar-refractivity contribution in [3.05, 3.63) is 0 Å². The van der Waals surface area contributed by atoms with Crippen LogP contribution in [0.15, 0.2) is 0 Å². The normalized spacial score (nSPS) is 25.2. The minimum absolute atomic E-state index is 0.0529. The van der Waals surface area contributed by atoms with Gasteiger partial charge in [0, 0.05) is 0 Å². The summed E-state index contributed by atoms with van der Waals surface area (Å²) in [5.41, 5.74) is 0. The molecule has 1 saturated carbocycles. The summed E-state index contributed by atoms with van der Waals surface area (Å²) in [5.74, 6) is -0.117. The van der Waals surface area contributed by atoms with Gasteiger partial charge in [0.2, 0.25) is 0 Å². The first-order valence-corrected chi connectivity index (χ1v) is 10.4. The largest absolute Gasteiger partial charge is 0.466 e. The van der Waals surface area contributed by atoms with Gasteiger partial charge in [-0.15, -0.1) is 0 Å². The standard InChI is InChI=1S/C15H30O3Si/c1-7-17-14(16)12-10-8-9-11-13(12)18-19(5,6)15(2,3)4/h12-13H,7-11H2,1-6H3. The minimum atomic E-state index is -1.81. The zero-order chi connectivity index (χ0) is 14.7. The highest BCUT2D eigenvalue weighted by atomic mass is 28.4. The van der Waals surface area contributed by atoms with Crippen LogP contribution < -0.4 is 0 Å². The van der Waals surface area contributed by atoms with E-state index in [1.54, 1.807) is 0 Å². The quantitative estimate of drug-likeness (QED) is 0.576. The van der Waals surface area contributed by atoms with E-state index in [4.69, 9.17) is 9.16 Å². The molecule has 1 aliphatic carbocycles. The van der Waals surface area contributed by atoms with Crippen LogP contribution >= 0.6 is 0 Å². The van der Waals surface area contributed by atoms with E-state index in [1.165, 1.54) is 0 Å². The van der Waals surface area contributed by atoms with Gasteiger partial charge < -0.3 is 9.16 Å². The number of esters is 1. The summed E-state index contributed by atoms with van der Waals surface area (Å²) in [6.07, 6.45) is 4.25. The molecular weight excluding hydrogens is 256 g/mol. The monoisotopic (exact) mass is 286 g/mol. The second-order valence-corrected chi connectivity index (χ2v) is 11.8. The van der Waals surface area contributed by atoms with Crippen molar-refractivity contribution in [1.29, 1.82) is 0 Å². The Hall–Kier alpha value is -0.353. The average molecular weight is 286 g/mol. The van der Waals surface area contributed by atoms with Gasteiger partial charge in [-0.2, -0.15) is 0 Å². The van der Waals surface area contributed by atoms with Crippen LogP contribution in [-0.2, 0) is 14.0 Å². The number of carbonyl (C=O) groups excluding carboxylic acids is 1. The number of hydrogen-bond donors (Lipinski definition) is 0. The number of carbonyl (C=O) groups is 1. The van der Waals surface area contributed by atoms with Crippen LogP contribution in [0.25, 0.3) is 0 Å². The van der Waals surface area contributed by atoms with Gasteiger partial charge in [-0.3, -0.25) is 4.79 Å². The van der Waals surface area contributed by atoms with Gasteiger partial charge in [-0.1, -0.05) is 33.6 Å². The van der Waals surface area contributed by atoms with Gasteiger partial charge in [0.1, 0.15) is 0 Å². The lowest BCUT2D eigenvalue weighted by Gasteiger charge is -2.42. The number of hydrogen-bond acceptors (Lipinski definition) is 3. The zero-order valence-corrected chi connectivity index (χ0v) is 14.4. The van der Waals surface area contributed by atoms with Gasteiger partial charge in [0.25, 0.3) is 0 Å². The molecule has 0 heterocycles. The molecule has 0 amide bonds. The molecular formula is C15H30O3Si. The first kappa shape index (κ1) is 16.7. The van der Waals surface area contributed by atoms with Crippen LogP contribution in [-0.4, -0.2) is 27.0 Å². The summed E-state index contributed by atoms with van der Waals surface area (Å²) in [6.45, 7) is 13.5. The Morgan fingerprint density at radius 1 is 1.21 bits per heavy atom. The maximum atomic E-state index is 12.1. The van der Waals surface area contributed by atoms with Crippen molar-refractivity contribution >= 4 is 14.3 Å². The summed E-state index contributed by atoms with van der Waals surface area (Å²) in [5, 5.41) is 0.184. The highest BCUT2D eigenvalue weighted by Gasteiger charge is 2.43. The average Bonchev–Trinajstić information content (AvgIpc) is 2.28. The number of ether oxygens (including phenoxy) is 1. The Morgan fingerprint density at radius 3 is 2.32 bits per heavy atom. The van der Waals surface area contributed by atoms with Gasteiger partial charge >= 0.3 is 5.97 Å². The molecule has 1 rings (SSSR count). The van der Waals surface area contributed by atoms with E-state index in [1.807, 2.05) is 6.92 Å². The molecule has 0 aromatic carbocycles. The molecule has 112 valence electrons. The predicted octanol–water partition coefficient (Wildman–Crippen LogP) is 4.13. The lowest BCUT2D eigenvalue weighted by Crippen LogP contribution is -2.48. The van der Waals surface area contributed by atoms with E-state index in [0.717, 1.165) is 25.7 Å². The topological polar surface area (TPSA) is 35.5 Å². The van der Waals surface area contributed by atoms with E-state index in [0.29, 0.717) is 6.61 Å². The molecule has 0 bridgehead atoms. The summed E-state index contributed by atoms with van der Waals surface area (Å²) in [7, 11) is -1.81. The third-order valence-electron chi connectivity index (χ3n) is 4.54. The van der Waals surface area contributed by atoms with Crippen molar-refractivity contribution in [3.8, 4) is 0 Å². The molecule has 0 N–H and O–H groups in total. The Balaban J connectivity index is 2.75. The molecule has 0 aromatic rings. The van der Waals surface area contributed by atoms with Gasteiger partial charge in [0.05, 0.1) is 18.6 Å². The van der Waals surface area contributed by atoms with E-state index in [-0.39, 0.29) is 23.0 Å². The molecule has 0 saturated heterocycles. The maximum absolute atomic E-state index is 12.1. The Bertz CT molecular complexity index is 307. The maximum Gasteiger partial charge on any atom is 0.311 e. The second kappa shape index (κ2) is 6.40. The van der Waals surface area contributed by atoms with E-state index >= 15 is 0 Å². The third-order valence-corrected chi connectivity index (χ3v) is 9.05. The van der Waals surface area contributed by atoms with Gasteiger partial charge in [-0.25, -0.2) is 0 Å². The fourth-order valence-electron chi connectivity index (χ4n) is 2.31. The lowest BCUT2D eigenvalue weighted by atomic mass is 9.87. The molecule has 3 nitrogen and oxygen atoms in total. The molecule has 19 heavy (non-hydrogen) atoms. The molecule has 1 aliphatic rings. The predicted molar refractivity (Wildman–Crippen MR) is 80.7 cm³/mol. The molecule has 0 radical (unpaired) electrons. The molecule has 0 aliphatic heterocycles. The molecule has 2 atom stereocenters. The van der Waals surface area contributed by atoms with Crippen molar-refractivity contribution in [2.75, 3.05) is 6.61 Å². The van der Waals surface area contributed by atoms with Crippen LogP contribution in [0.4, 0.5) is 0 Å². The fraction of sp³-hybridized carbons (Fsp3) is 0.933. The summed E-state index contributed by atoms with van der Waals surface area (Å²) in [4.78, 5) is 12.1. The van der Waals surface area contributed by atoms with Crippen LogP contribution in [0.5, 0.6) is 0 Å². The Labute approximate surface area is 119 Å². The van der Waals surface area contributed by atoms with Crippen LogP contribution in [0.2, 0.25) is 18.1 Å². The Kier molecular flexibility index (Phi) is 5.62. The minimum Gasteiger partial charge on any atom is -0.466 e. The van der Waals surface area contributed by atoms with E-state index in [2.05, 4.69) is 33.9 Å². The van der Waals surface area contributed by atoms with Crippen LogP contribution in [0, 0.1) is 5.92 Å². The number of rotatable bonds is 4. The van der Waals surface area contributed by atoms with Crippen molar-refractivity contribution in [1.82, 2.24) is 0 Å². The molecule has 1 fully saturated rings. The van der Waals surface area contributed by atoms with E-state index in [9.17, 15) is 4.79 Å². The SMILES string of the molecule is CCOC(=O)C1CCCCC1O[Si](C)(C)C(C)(C)C. The van der Waals surface area contributed by atoms with Crippen LogP contribution in [0.1, 0.15) is 53.4 Å². The van der Waals surface area contributed by atoms with Crippen molar-refractivity contribution < 1.29 is 14.0 Å². The second-order valence-electron chi connectivity index (χ2n) is 7.06. The van der Waals surface area contributed by atoms with Gasteiger partial charge in [-0.05, 0) is 37.9 Å². The summed E-state index contributed by atoms with van der Waals surface area (Å²) >= 11 is 0. The first-order valence-electron chi connectivity index (χ1n) is 7.53. The van der Waals surface area contributed by atoms with Crippen molar-refractivity contribution in [2.45, 2.75) is 77.6 Å².